The largest absolute Gasteiger partial charge is 0.461 e. The normalized spacial score (nSPS) is 10.5. The maximum atomic E-state index is 11.8. The van der Waals surface area contributed by atoms with Crippen molar-refractivity contribution >= 4 is 5.97 Å². The van der Waals surface area contributed by atoms with E-state index in [9.17, 15) is 4.79 Å². The van der Waals surface area contributed by atoms with Gasteiger partial charge >= 0.3 is 5.97 Å². The van der Waals surface area contributed by atoms with E-state index in [4.69, 9.17) is 4.74 Å². The van der Waals surface area contributed by atoms with Crippen LogP contribution in [0.25, 0.3) is 11.4 Å². The minimum absolute atomic E-state index is 0.339. The third kappa shape index (κ3) is 2.52. The highest BCUT2D eigenvalue weighted by atomic mass is 16.5. The second kappa shape index (κ2) is 5.26. The summed E-state index contributed by atoms with van der Waals surface area (Å²) in [6.45, 7) is 6.25. The summed E-state index contributed by atoms with van der Waals surface area (Å²) in [6.07, 6.45) is 1.56. The van der Waals surface area contributed by atoms with Crippen LogP contribution in [0.2, 0.25) is 0 Å². The average Bonchev–Trinajstić information content (AvgIpc) is 2.72. The van der Waals surface area contributed by atoms with Crippen LogP contribution in [-0.4, -0.2) is 22.1 Å². The number of esters is 1. The first kappa shape index (κ1) is 13.3. The molecule has 100 valence electrons. The van der Waals surface area contributed by atoms with Crippen molar-refractivity contribution in [2.75, 3.05) is 6.61 Å². The quantitative estimate of drug-likeness (QED) is 0.795. The van der Waals surface area contributed by atoms with Gasteiger partial charge in [-0.2, -0.15) is 0 Å². The zero-order valence-electron chi connectivity index (χ0n) is 11.7. The highest BCUT2D eigenvalue weighted by Gasteiger charge is 2.16. The van der Waals surface area contributed by atoms with Gasteiger partial charge in [-0.25, -0.2) is 9.78 Å². The Hall–Kier alpha value is -2.10. The number of ether oxygens (including phenoxy) is 1. The van der Waals surface area contributed by atoms with Gasteiger partial charge in [-0.1, -0.05) is 23.8 Å². The minimum Gasteiger partial charge on any atom is -0.461 e. The van der Waals surface area contributed by atoms with Crippen LogP contribution < -0.4 is 0 Å². The molecule has 1 heterocycles. The van der Waals surface area contributed by atoms with Gasteiger partial charge in [-0.3, -0.25) is 0 Å². The summed E-state index contributed by atoms with van der Waals surface area (Å²) in [4.78, 5) is 16.1. The number of aromatic nitrogens is 2. The third-order valence-corrected chi connectivity index (χ3v) is 3.10. The second-order valence-corrected chi connectivity index (χ2v) is 4.56. The lowest BCUT2D eigenvalue weighted by Gasteiger charge is -2.08. The molecule has 0 atom stereocenters. The SMILES string of the molecule is CCOC(=O)c1cnc(-c2ccc(C)cc2C)n1C. The summed E-state index contributed by atoms with van der Waals surface area (Å²) < 4.78 is 6.78. The van der Waals surface area contributed by atoms with Gasteiger partial charge in [0.05, 0.1) is 12.8 Å². The molecule has 1 aromatic heterocycles. The van der Waals surface area contributed by atoms with E-state index in [1.165, 1.54) is 5.56 Å². The van der Waals surface area contributed by atoms with E-state index in [0.717, 1.165) is 17.0 Å². The van der Waals surface area contributed by atoms with Crippen molar-refractivity contribution in [3.63, 3.8) is 0 Å². The van der Waals surface area contributed by atoms with Crippen molar-refractivity contribution in [2.45, 2.75) is 20.8 Å². The molecule has 4 nitrogen and oxygen atoms in total. The first-order valence-corrected chi connectivity index (χ1v) is 6.31. The maximum absolute atomic E-state index is 11.8. The van der Waals surface area contributed by atoms with E-state index < -0.39 is 0 Å². The number of carbonyl (C=O) groups excluding carboxylic acids is 1. The number of hydrogen-bond donors (Lipinski definition) is 0. The van der Waals surface area contributed by atoms with Crippen LogP contribution in [0.15, 0.2) is 24.4 Å². The van der Waals surface area contributed by atoms with Crippen LogP contribution >= 0.6 is 0 Å². The Morgan fingerprint density at radius 2 is 2.11 bits per heavy atom. The zero-order valence-corrected chi connectivity index (χ0v) is 11.7. The van der Waals surface area contributed by atoms with Crippen LogP contribution in [0, 0.1) is 13.8 Å². The van der Waals surface area contributed by atoms with Crippen molar-refractivity contribution in [3.05, 3.63) is 41.2 Å². The van der Waals surface area contributed by atoms with Gasteiger partial charge in [-0.05, 0) is 26.3 Å². The van der Waals surface area contributed by atoms with E-state index >= 15 is 0 Å². The molecule has 0 amide bonds. The predicted molar refractivity (Wildman–Crippen MR) is 74.1 cm³/mol. The third-order valence-electron chi connectivity index (χ3n) is 3.10. The average molecular weight is 258 g/mol. The van der Waals surface area contributed by atoms with Gasteiger partial charge in [0.25, 0.3) is 0 Å². The summed E-state index contributed by atoms with van der Waals surface area (Å²) in [5.74, 6) is 0.439. The number of hydrogen-bond acceptors (Lipinski definition) is 3. The fourth-order valence-corrected chi connectivity index (χ4v) is 2.12. The van der Waals surface area contributed by atoms with E-state index in [1.807, 2.05) is 26.1 Å². The molecule has 4 heteroatoms. The predicted octanol–water partition coefficient (Wildman–Crippen LogP) is 2.88. The van der Waals surface area contributed by atoms with Crippen molar-refractivity contribution in [1.82, 2.24) is 9.55 Å². The Morgan fingerprint density at radius 3 is 2.74 bits per heavy atom. The summed E-state index contributed by atoms with van der Waals surface area (Å²) in [5.41, 5.74) is 3.85. The van der Waals surface area contributed by atoms with E-state index in [0.29, 0.717) is 12.3 Å². The molecule has 0 bridgehead atoms. The fourth-order valence-electron chi connectivity index (χ4n) is 2.12. The maximum Gasteiger partial charge on any atom is 0.356 e. The number of nitrogens with zero attached hydrogens (tertiary/aromatic N) is 2. The lowest BCUT2D eigenvalue weighted by molar-refractivity contribution is 0.0515. The molecule has 1 aromatic carbocycles. The molecule has 0 aliphatic carbocycles. The topological polar surface area (TPSA) is 44.1 Å². The van der Waals surface area contributed by atoms with Crippen molar-refractivity contribution < 1.29 is 9.53 Å². The Balaban J connectivity index is 2.44. The summed E-state index contributed by atoms with van der Waals surface area (Å²) >= 11 is 0. The van der Waals surface area contributed by atoms with E-state index in [2.05, 4.69) is 18.0 Å². The molecule has 19 heavy (non-hydrogen) atoms. The van der Waals surface area contributed by atoms with Crippen LogP contribution in [0.1, 0.15) is 28.5 Å². The smallest absolute Gasteiger partial charge is 0.356 e. The fraction of sp³-hybridized carbons (Fsp3) is 0.333. The molecular weight excluding hydrogens is 240 g/mol. The van der Waals surface area contributed by atoms with Crippen molar-refractivity contribution in [3.8, 4) is 11.4 Å². The molecule has 0 saturated carbocycles. The van der Waals surface area contributed by atoms with Gasteiger partial charge in [-0.15, -0.1) is 0 Å². The molecular formula is C15H18N2O2. The summed E-state index contributed by atoms with van der Waals surface area (Å²) in [7, 11) is 1.83. The summed E-state index contributed by atoms with van der Waals surface area (Å²) in [5, 5.41) is 0. The molecule has 0 aliphatic rings. The van der Waals surface area contributed by atoms with Crippen LogP contribution in [0.4, 0.5) is 0 Å². The molecule has 2 aromatic rings. The monoisotopic (exact) mass is 258 g/mol. The molecule has 0 unspecified atom stereocenters. The molecule has 0 N–H and O–H groups in total. The lowest BCUT2D eigenvalue weighted by atomic mass is 10.1. The lowest BCUT2D eigenvalue weighted by Crippen LogP contribution is -2.10. The molecule has 0 spiro atoms. The Morgan fingerprint density at radius 1 is 1.37 bits per heavy atom. The number of aryl methyl sites for hydroxylation is 2. The minimum atomic E-state index is -0.339. The van der Waals surface area contributed by atoms with Gasteiger partial charge in [0.1, 0.15) is 11.5 Å². The van der Waals surface area contributed by atoms with Crippen LogP contribution in [0.3, 0.4) is 0 Å². The first-order chi connectivity index (χ1) is 9.04. The standard InChI is InChI=1S/C15H18N2O2/c1-5-19-15(18)13-9-16-14(17(13)4)12-7-6-10(2)8-11(12)3/h6-9H,5H2,1-4H3. The highest BCUT2D eigenvalue weighted by Crippen LogP contribution is 2.23. The van der Waals surface area contributed by atoms with Crippen LogP contribution in [0.5, 0.6) is 0 Å². The van der Waals surface area contributed by atoms with Crippen molar-refractivity contribution in [2.24, 2.45) is 7.05 Å². The van der Waals surface area contributed by atoms with Gasteiger partial charge in [0.2, 0.25) is 0 Å². The molecule has 0 fully saturated rings. The Kier molecular flexibility index (Phi) is 3.69. The molecule has 0 saturated heterocycles. The Labute approximate surface area is 113 Å². The number of benzene rings is 1. The second-order valence-electron chi connectivity index (χ2n) is 4.56. The Bertz CT molecular complexity index is 615. The first-order valence-electron chi connectivity index (χ1n) is 6.31. The summed E-state index contributed by atoms with van der Waals surface area (Å²) in [6, 6.07) is 6.18. The highest BCUT2D eigenvalue weighted by molar-refractivity contribution is 5.88. The number of carbonyl (C=O) groups is 1. The van der Waals surface area contributed by atoms with Crippen molar-refractivity contribution in [1.29, 1.82) is 0 Å². The van der Waals surface area contributed by atoms with Crippen LogP contribution in [-0.2, 0) is 11.8 Å². The molecule has 0 radical (unpaired) electrons. The van der Waals surface area contributed by atoms with Gasteiger partial charge in [0, 0.05) is 12.6 Å². The number of rotatable bonds is 3. The zero-order chi connectivity index (χ0) is 14.0. The molecule has 2 rings (SSSR count). The number of imidazole rings is 1. The van der Waals surface area contributed by atoms with E-state index in [-0.39, 0.29) is 5.97 Å². The van der Waals surface area contributed by atoms with E-state index in [1.54, 1.807) is 17.7 Å². The molecule has 0 aliphatic heterocycles. The van der Waals surface area contributed by atoms with Gasteiger partial charge < -0.3 is 9.30 Å². The van der Waals surface area contributed by atoms with Gasteiger partial charge in [0.15, 0.2) is 0 Å².